The lowest BCUT2D eigenvalue weighted by atomic mass is 9.99. The van der Waals surface area contributed by atoms with Gasteiger partial charge in [-0.2, -0.15) is 0 Å². The minimum absolute atomic E-state index is 0.00508. The van der Waals surface area contributed by atoms with Gasteiger partial charge < -0.3 is 70.4 Å². The van der Waals surface area contributed by atoms with Gasteiger partial charge in [0.15, 0.2) is 0 Å². The van der Waals surface area contributed by atoms with E-state index in [9.17, 15) is 67.7 Å². The van der Waals surface area contributed by atoms with E-state index in [1.54, 1.807) is 76.2 Å². The quantitative estimate of drug-likeness (QED) is 0.148. The first-order chi connectivity index (χ1) is 41.8. The molecule has 0 aromatic heterocycles. The molecule has 3 aliphatic rings. The molecular weight excluding hydrogens is 1140 g/mol. The first-order valence-corrected chi connectivity index (χ1v) is 29.3. The number of aromatic hydroxyl groups is 2. The molecule has 88 heavy (non-hydrogen) atoms. The molecule has 3 saturated heterocycles. The van der Waals surface area contributed by atoms with Crippen LogP contribution in [0, 0.1) is 11.8 Å². The highest BCUT2D eigenvalue weighted by Crippen LogP contribution is 2.28. The van der Waals surface area contributed by atoms with Crippen molar-refractivity contribution in [2.75, 3.05) is 80.7 Å². The molecule has 6 atom stereocenters. The largest absolute Gasteiger partial charge is 0.507 e. The minimum Gasteiger partial charge on any atom is -0.507 e. The van der Waals surface area contributed by atoms with Crippen LogP contribution in [0.4, 0.5) is 0 Å². The molecular formula is C62H78N10O16. The van der Waals surface area contributed by atoms with Gasteiger partial charge in [0.25, 0.3) is 11.8 Å². The third kappa shape index (κ3) is 15.8. The number of hydrogen-bond acceptors (Lipinski definition) is 16. The number of piperidine rings is 2. The highest BCUT2D eigenvalue weighted by Gasteiger charge is 2.42. The molecule has 0 spiro atoms. The smallest absolute Gasteiger partial charge is 0.329 e. The summed E-state index contributed by atoms with van der Waals surface area (Å²) in [6, 6.07) is 10.9. The monoisotopic (exact) mass is 1220 g/mol. The zero-order valence-electron chi connectivity index (χ0n) is 50.7. The Balaban J connectivity index is 1.17. The number of hydrogen-bond donors (Lipinski definition) is 6. The number of nitrogens with zero attached hydrogens (tertiary/aromatic N) is 6. The Labute approximate surface area is 509 Å². The summed E-state index contributed by atoms with van der Waals surface area (Å²) in [4.78, 5) is 176. The van der Waals surface area contributed by atoms with E-state index in [4.69, 9.17) is 9.47 Å². The molecule has 472 valence electrons. The van der Waals surface area contributed by atoms with E-state index in [-0.39, 0.29) is 37.1 Å². The van der Waals surface area contributed by atoms with E-state index in [1.807, 2.05) is 0 Å². The molecule has 26 nitrogen and oxygen atoms in total. The Hall–Kier alpha value is -9.36. The van der Waals surface area contributed by atoms with Gasteiger partial charge >= 0.3 is 11.9 Å². The molecule has 0 radical (unpaired) electrons. The van der Waals surface area contributed by atoms with Crippen molar-refractivity contribution in [3.05, 3.63) is 83.9 Å². The molecule has 3 fully saturated rings. The molecule has 7 rings (SSSR count). The maximum atomic E-state index is 14.8. The number of rotatable bonds is 6. The summed E-state index contributed by atoms with van der Waals surface area (Å²) in [6.45, 7) is 2.35. The van der Waals surface area contributed by atoms with Gasteiger partial charge in [0, 0.05) is 41.3 Å². The van der Waals surface area contributed by atoms with Crippen molar-refractivity contribution < 1.29 is 77.2 Å². The number of likely N-dealkylation sites (N-methyl/N-ethyl adjacent to an activating group) is 4. The van der Waals surface area contributed by atoms with Crippen molar-refractivity contribution in [3.8, 4) is 11.5 Å². The molecule has 0 aliphatic carbocycles. The van der Waals surface area contributed by atoms with Gasteiger partial charge in [0.2, 0.25) is 47.3 Å². The van der Waals surface area contributed by atoms with E-state index < -0.39 is 170 Å². The summed E-state index contributed by atoms with van der Waals surface area (Å²) in [7, 11) is 5.20. The molecule has 0 saturated carbocycles. The van der Waals surface area contributed by atoms with Crippen LogP contribution >= 0.6 is 0 Å². The zero-order chi connectivity index (χ0) is 64.3. The van der Waals surface area contributed by atoms with Crippen molar-refractivity contribution in [2.24, 2.45) is 11.8 Å². The van der Waals surface area contributed by atoms with Crippen LogP contribution in [0.1, 0.15) is 86.9 Å². The number of ether oxygens (including phenoxy) is 2. The van der Waals surface area contributed by atoms with Crippen LogP contribution in [0.3, 0.4) is 0 Å². The van der Waals surface area contributed by atoms with Gasteiger partial charge in [0.1, 0.15) is 61.0 Å². The van der Waals surface area contributed by atoms with Gasteiger partial charge in [-0.05, 0) is 96.2 Å². The normalized spacial score (nSPS) is 23.0. The predicted octanol–water partition coefficient (Wildman–Crippen LogP) is 1.28. The zero-order valence-corrected chi connectivity index (χ0v) is 50.7. The maximum absolute atomic E-state index is 14.8. The van der Waals surface area contributed by atoms with Crippen molar-refractivity contribution >= 4 is 92.6 Å². The van der Waals surface area contributed by atoms with Gasteiger partial charge in [0.05, 0.1) is 37.3 Å². The van der Waals surface area contributed by atoms with E-state index in [0.29, 0.717) is 47.2 Å². The van der Waals surface area contributed by atoms with E-state index in [2.05, 4.69) is 21.3 Å². The predicted molar refractivity (Wildman–Crippen MR) is 318 cm³/mol. The second-order valence-electron chi connectivity index (χ2n) is 23.2. The second-order valence-corrected chi connectivity index (χ2v) is 23.2. The highest BCUT2D eigenvalue weighted by atomic mass is 16.5. The lowest BCUT2D eigenvalue weighted by molar-refractivity contribution is -0.159. The first-order valence-electron chi connectivity index (χ1n) is 29.3. The fourth-order valence-corrected chi connectivity index (χ4v) is 11.2. The van der Waals surface area contributed by atoms with Crippen molar-refractivity contribution in [1.29, 1.82) is 0 Å². The maximum Gasteiger partial charge on any atom is 0.329 e. The van der Waals surface area contributed by atoms with E-state index in [1.165, 1.54) is 62.3 Å². The molecule has 3 aliphatic heterocycles. The number of carbonyl (C=O) groups excluding carboxylic acids is 12. The number of amides is 10. The molecule has 6 N–H and O–H groups in total. The summed E-state index contributed by atoms with van der Waals surface area (Å²) in [5, 5.41) is 34.6. The lowest BCUT2D eigenvalue weighted by Gasteiger charge is -2.37. The first kappa shape index (κ1) is 66.2. The lowest BCUT2D eigenvalue weighted by Crippen LogP contribution is -2.59. The van der Waals surface area contributed by atoms with Crippen LogP contribution < -0.4 is 21.3 Å². The molecule has 3 heterocycles. The van der Waals surface area contributed by atoms with E-state index >= 15 is 0 Å². The number of phenolic OH excluding ortho intramolecular Hbond substituents is 2. The van der Waals surface area contributed by atoms with Gasteiger partial charge in [-0.15, -0.1) is 0 Å². The molecule has 0 unspecified atom stereocenters. The Morgan fingerprint density at radius 1 is 0.511 bits per heavy atom. The minimum atomic E-state index is -1.68. The number of phenols is 2. The SMILES string of the molecule is CC(C)[C@H]1C(=O)OC[C@@H](NC(=O)c2cc3ccccc3cc2O)C(=O)N2CCCC[C@H]2C(=O)NCC(=O)N(C)CC(=O)N(C)[C@@H](C(C)C)C(=O)OC[C@@H](NC(=O)c2cc3ccccc3cc2O)C(=O)N2CCCC[C@H]2C(=O)NCC(=O)N(C)CC(=O)N1C. The summed E-state index contributed by atoms with van der Waals surface area (Å²) in [5.41, 5.74) is -0.438. The number of fused-ring (bicyclic) bond motifs is 4. The average Bonchev–Trinajstić information content (AvgIpc) is 2.06. The van der Waals surface area contributed by atoms with Crippen molar-refractivity contribution in [1.82, 2.24) is 50.7 Å². The highest BCUT2D eigenvalue weighted by molar-refractivity contribution is 6.05. The number of cyclic esters (lactones) is 2. The fourth-order valence-electron chi connectivity index (χ4n) is 11.2. The Morgan fingerprint density at radius 3 is 1.19 bits per heavy atom. The molecule has 4 aromatic rings. The molecule has 10 amide bonds. The Morgan fingerprint density at radius 2 is 0.852 bits per heavy atom. The summed E-state index contributed by atoms with van der Waals surface area (Å²) < 4.78 is 11.5. The van der Waals surface area contributed by atoms with Crippen LogP contribution in [-0.2, 0) is 57.4 Å². The number of esters is 2. The molecule has 26 heteroatoms. The van der Waals surface area contributed by atoms with Crippen molar-refractivity contribution in [2.45, 2.75) is 102 Å². The van der Waals surface area contributed by atoms with Crippen LogP contribution in [0.15, 0.2) is 72.8 Å². The number of benzene rings is 4. The third-order valence-electron chi connectivity index (χ3n) is 16.2. The number of carbonyl (C=O) groups is 12. The van der Waals surface area contributed by atoms with Crippen molar-refractivity contribution in [3.63, 3.8) is 0 Å². The van der Waals surface area contributed by atoms with E-state index in [0.717, 1.165) is 19.6 Å². The van der Waals surface area contributed by atoms with Gasteiger partial charge in [-0.3, -0.25) is 47.9 Å². The third-order valence-corrected chi connectivity index (χ3v) is 16.2. The summed E-state index contributed by atoms with van der Waals surface area (Å²) in [6.07, 6.45) is 2.01. The van der Waals surface area contributed by atoms with Crippen LogP contribution in [-0.4, -0.2) is 228 Å². The Bertz CT molecular complexity index is 3140. The van der Waals surface area contributed by atoms with Crippen LogP contribution in [0.2, 0.25) is 0 Å². The average molecular weight is 1220 g/mol. The summed E-state index contributed by atoms with van der Waals surface area (Å²) in [5.74, 6) is -12.2. The fraction of sp³-hybridized carbons (Fsp3) is 0.484. The topological polar surface area (TPSA) is 331 Å². The van der Waals surface area contributed by atoms with Gasteiger partial charge in [-0.1, -0.05) is 76.2 Å². The van der Waals surface area contributed by atoms with Crippen LogP contribution in [0.25, 0.3) is 21.5 Å². The van der Waals surface area contributed by atoms with Gasteiger partial charge in [-0.25, -0.2) is 9.59 Å². The summed E-state index contributed by atoms with van der Waals surface area (Å²) >= 11 is 0. The standard InChI is InChI=1S/C62H78N10O16/c1-35(2)53-61(85)87-33-43(65-55(79)41-25-37-17-9-11-19-39(37)27-47(41)73)59(83)71-23-15-13-21-45(71)57(81)64-30-50(76)68(6)32-52(78)70(8)54(36(3)4)62(86)88-34-44(66-56(80)42-26-38-18-10-12-20-40(38)28-48(42)74)60(84)72-24-16-14-22-46(72)58(82)63-29-49(75)67(5)31-51(77)69(53)7/h9-12,17-20,25-28,35-36,43-46,53-54,73-74H,13-16,21-24,29-34H2,1-8H3,(H,63,82)(H,64,81)(H,65,79)(H,66,80)/t43-,44-,45+,46+,53+,54+/m1/s1. The van der Waals surface area contributed by atoms with Crippen LogP contribution in [0.5, 0.6) is 11.5 Å². The molecule has 4 aromatic carbocycles. The second kappa shape index (κ2) is 29.4. The Kier molecular flexibility index (Phi) is 22.1. The number of nitrogens with one attached hydrogen (secondary N) is 4. The molecule has 0 bridgehead atoms.